The van der Waals surface area contributed by atoms with Gasteiger partial charge in [0, 0.05) is 0 Å². The highest BCUT2D eigenvalue weighted by Gasteiger charge is 2.67. The highest BCUT2D eigenvalue weighted by Crippen LogP contribution is 2.68. The van der Waals surface area contributed by atoms with E-state index in [9.17, 15) is 208 Å². The Morgan fingerprint density at radius 2 is 0.531 bits per heavy atom. The Labute approximate surface area is 838 Å². The summed E-state index contributed by atoms with van der Waals surface area (Å²) in [6, 6.07) is 0. The summed E-state index contributed by atoms with van der Waals surface area (Å²) in [5.41, 5.74) is -0.198. The highest BCUT2D eigenvalue weighted by molar-refractivity contribution is 7.84. The Hall–Kier alpha value is -2.74. The van der Waals surface area contributed by atoms with E-state index in [0.29, 0.717) is 36.2 Å². The molecule has 0 amide bonds. The number of fused-ring (bicyclic) bond motifs is 5. The summed E-state index contributed by atoms with van der Waals surface area (Å²) < 4.78 is 704. The largest absolute Gasteiger partial charge is 0.397 e. The van der Waals surface area contributed by atoms with E-state index in [1.54, 1.807) is 0 Å². The maximum Gasteiger partial charge on any atom is 0.397 e. The zero-order chi connectivity index (χ0) is 111. The van der Waals surface area contributed by atoms with Crippen LogP contribution < -0.4 is 0 Å². The topological polar surface area (TPSA) is 1110 Å². The van der Waals surface area contributed by atoms with E-state index in [2.05, 4.69) is 82.1 Å². The summed E-state index contributed by atoms with van der Waals surface area (Å²) >= 11 is 0. The highest BCUT2D eigenvalue weighted by atomic mass is 32.3. The molecule has 9 aliphatic rings. The monoisotopic (exact) mass is 2480 g/mol. The van der Waals surface area contributed by atoms with Crippen LogP contribution in [0.2, 0.25) is 0 Å². The van der Waals surface area contributed by atoms with Gasteiger partial charge < -0.3 is 47.4 Å². The van der Waals surface area contributed by atoms with Crippen LogP contribution in [0.4, 0.5) is 0 Å². The number of ether oxygens (including phenoxy) is 10. The molecule has 147 heavy (non-hydrogen) atoms. The predicted octanol–water partition coefficient (Wildman–Crippen LogP) is -6.26. The van der Waals surface area contributed by atoms with E-state index >= 15 is 0 Å². The molecule has 0 aromatic heterocycles. The minimum atomic E-state index is -7.15. The van der Waals surface area contributed by atoms with Crippen molar-refractivity contribution in [1.82, 2.24) is 0 Å². The summed E-state index contributed by atoms with van der Waals surface area (Å²) in [4.78, 5) is 0. The first-order valence-corrected chi connectivity index (χ1v) is 62.6. The molecule has 0 radical (unpaired) electrons. The standard InChI is InChI=1S/C57H96O74S16/c1-23(2)7-6-8-24(3)28-11-12-29-27-10-9-25-17-26(13-15-56(25,4)30(27)14-16-57(28,29)5)111-51-46(127-143(91,92)93)41(36(121-137(73,74)75)31(112-51)18-106-132(58,59)60)117-52-47(128-144(94,95)96)42(37(122-138(76,77)78)32(113-52)19-107-133(61,62)63)118-53-48(129-145(97,98)99)43(38(123-139(79,80)81)33(114-53)20-108-134(64,65)66)119-54-49(130-146(100,101)102)44(39(124-140(82,83)84)34(115-54)21-109-135(67,68)69)120-55-50(131-147(103,104)105)45(126-142(88,89)90)40(125-141(85,86)87)35(116-55)22-110-136(70,71)72/h9,23-24,26-55H,6-8,10-22H2,1-5H3,(H,58,59,60)(H,61,62,63)(H,64,65,66)(H,67,68,69)(H,70,71,72)(H,73,74,75)(H,76,77,78)(H,79,80,81)(H,82,83,84)(H,85,86,87)(H,88,89,90)(H,91,92,93)(H,94,95,96)(H,97,98,99)(H,100,101,102)(H,103,104,105)/t24-,26+,27+,28-,29+,30+,31-,32-,33-,34-,35-,36-,37-,38-,39-,40-,41+,42+,43+,44+,45+,46-,47-,48-,49-,50-,51?,52+,53+,54+,55+,56+,57-/m1/s1. The molecule has 33 atom stereocenters. The lowest BCUT2D eigenvalue weighted by atomic mass is 9.47. The second-order valence-electron chi connectivity index (χ2n) is 34.3. The number of hydrogen-bond acceptors (Lipinski definition) is 58. The first kappa shape index (κ1) is 128. The molecular weight excluding hydrogens is 2380 g/mol. The normalized spacial score (nSPS) is 36.1. The fraction of sp³-hybridized carbons (Fsp3) is 0.965. The Morgan fingerprint density at radius 1 is 0.286 bits per heavy atom. The number of hydrogen-bond donors (Lipinski definition) is 16. The van der Waals surface area contributed by atoms with Crippen LogP contribution in [0.3, 0.4) is 0 Å². The molecule has 5 saturated heterocycles. The van der Waals surface area contributed by atoms with Gasteiger partial charge in [-0.15, -0.1) is 0 Å². The first-order chi connectivity index (χ1) is 66.2. The molecule has 864 valence electrons. The fourth-order valence-electron chi connectivity index (χ4n) is 19.3. The first-order valence-electron chi connectivity index (χ1n) is 40.8. The van der Waals surface area contributed by atoms with Crippen molar-refractivity contribution < 1.29 is 322 Å². The molecule has 74 nitrogen and oxygen atoms in total. The minimum absolute atomic E-state index is 0.0609. The molecule has 0 aromatic carbocycles. The van der Waals surface area contributed by atoms with Gasteiger partial charge in [-0.25, -0.2) is 66.9 Å². The van der Waals surface area contributed by atoms with Crippen LogP contribution >= 0.6 is 0 Å². The second kappa shape index (κ2) is 47.4. The third-order valence-corrected chi connectivity index (χ3v) is 31.5. The lowest BCUT2D eigenvalue weighted by molar-refractivity contribution is -0.386. The van der Waals surface area contributed by atoms with Gasteiger partial charge in [0.25, 0.3) is 0 Å². The molecule has 4 aliphatic carbocycles. The Kier molecular flexibility index (Phi) is 41.2. The summed E-state index contributed by atoms with van der Waals surface area (Å²) in [5, 5.41) is 0. The van der Waals surface area contributed by atoms with Crippen LogP contribution in [0.1, 0.15) is 105 Å². The van der Waals surface area contributed by atoms with Crippen molar-refractivity contribution in [1.29, 1.82) is 0 Å². The van der Waals surface area contributed by atoms with Crippen LogP contribution in [-0.2, 0) is 281 Å². The lowest BCUT2D eigenvalue weighted by Crippen LogP contribution is -2.70. The molecule has 16 N–H and O–H groups in total. The smallest absolute Gasteiger partial charge is 0.346 e. The van der Waals surface area contributed by atoms with Crippen molar-refractivity contribution in [2.24, 2.45) is 46.3 Å². The Balaban J connectivity index is 1.28. The van der Waals surface area contributed by atoms with Crippen LogP contribution in [-0.4, -0.2) is 400 Å². The van der Waals surface area contributed by atoms with Crippen LogP contribution in [0.15, 0.2) is 11.6 Å². The van der Waals surface area contributed by atoms with Gasteiger partial charge in [-0.1, -0.05) is 65.5 Å². The molecule has 1 unspecified atom stereocenters. The predicted molar refractivity (Wildman–Crippen MR) is 449 cm³/mol. The molecule has 5 aliphatic heterocycles. The van der Waals surface area contributed by atoms with E-state index in [1.165, 1.54) is 0 Å². The molecule has 0 aromatic rings. The van der Waals surface area contributed by atoms with Gasteiger partial charge in [0.05, 0.1) is 39.1 Å². The van der Waals surface area contributed by atoms with Crippen molar-refractivity contribution in [3.8, 4) is 0 Å². The van der Waals surface area contributed by atoms with Gasteiger partial charge in [-0.05, 0) is 97.7 Å². The number of allylic oxidation sites excluding steroid dienone is 1. The van der Waals surface area contributed by atoms with Crippen molar-refractivity contribution in [2.45, 2.75) is 265 Å². The van der Waals surface area contributed by atoms with E-state index in [1.807, 2.05) is 13.0 Å². The van der Waals surface area contributed by atoms with Crippen molar-refractivity contribution in [3.63, 3.8) is 0 Å². The van der Waals surface area contributed by atoms with Gasteiger partial charge >= 0.3 is 166 Å². The fourth-order valence-corrected chi connectivity index (χ4v) is 26.3. The van der Waals surface area contributed by atoms with E-state index in [-0.39, 0.29) is 42.4 Å². The van der Waals surface area contributed by atoms with Crippen LogP contribution in [0.5, 0.6) is 0 Å². The molecule has 8 fully saturated rings. The zero-order valence-electron chi connectivity index (χ0n) is 74.2. The summed E-state index contributed by atoms with van der Waals surface area (Å²) in [7, 11) is -106. The maximum absolute atomic E-state index is 13.6. The van der Waals surface area contributed by atoms with E-state index < -0.39 is 364 Å². The second-order valence-corrected chi connectivity index (χ2v) is 51.3. The Morgan fingerprint density at radius 3 is 0.789 bits per heavy atom. The average Bonchev–Trinajstić information content (AvgIpc) is 1.13. The summed E-state index contributed by atoms with van der Waals surface area (Å²) in [5.74, 6) is 1.37. The van der Waals surface area contributed by atoms with Crippen molar-refractivity contribution >= 4 is 166 Å². The van der Waals surface area contributed by atoms with Gasteiger partial charge in [0.1, 0.15) is 91.6 Å². The molecule has 90 heteroatoms. The average molecular weight is 2480 g/mol. The van der Waals surface area contributed by atoms with E-state index in [0.717, 1.165) is 38.5 Å². The molecule has 0 bridgehead atoms. The summed E-state index contributed by atoms with van der Waals surface area (Å²) in [6.45, 7) is -1.33. The third-order valence-electron chi connectivity index (χ3n) is 24.2. The van der Waals surface area contributed by atoms with E-state index in [4.69, 9.17) is 59.9 Å². The molecule has 9 rings (SSSR count). The van der Waals surface area contributed by atoms with Crippen LogP contribution in [0, 0.1) is 46.3 Å². The molecule has 0 spiro atoms. The van der Waals surface area contributed by atoms with Gasteiger partial charge in [-0.2, -0.15) is 135 Å². The molecular formula is C57H96O74S16. The zero-order valence-corrected chi connectivity index (χ0v) is 87.3. The maximum atomic E-state index is 13.6. The van der Waals surface area contributed by atoms with Gasteiger partial charge in [0.15, 0.2) is 62.0 Å². The summed E-state index contributed by atoms with van der Waals surface area (Å²) in [6.07, 6.45) is -89.0. The van der Waals surface area contributed by atoms with Gasteiger partial charge in [-0.3, -0.25) is 72.8 Å². The van der Waals surface area contributed by atoms with Crippen molar-refractivity contribution in [2.75, 3.05) is 33.0 Å². The quantitative estimate of drug-likeness (QED) is 0.0199. The van der Waals surface area contributed by atoms with Gasteiger partial charge in [0.2, 0.25) is 0 Å². The lowest BCUT2D eigenvalue weighted by Gasteiger charge is -2.58. The molecule has 3 saturated carbocycles. The van der Waals surface area contributed by atoms with Crippen molar-refractivity contribution in [3.05, 3.63) is 11.6 Å². The number of rotatable bonds is 52. The third kappa shape index (κ3) is 39.1. The SMILES string of the molecule is CC(C)CCC[C@@H](C)[C@H]1CC[C@H]2[C@@H]3CC=C4C[C@@H](OC5O[C@H](COS(=O)(=O)O)[C@@H](OS(=O)(=O)O)[C@H](O[C@@H]6O[C@H](COS(=O)(=O)O)[C@@H](OS(=O)(=O)O)[C@H](O[C@@H]7O[C@H](COS(=O)(=O)O)[C@@H](OS(=O)(=O)O)[C@H](O[C@@H]8O[C@H](COS(=O)(=O)O)[C@@H](OS(=O)(=O)O)[C@H](O[C@@H]9O[C@H](COS(=O)(=O)O)[C@@H](OS(=O)(=O)O)[C@H](OS(=O)(=O)O)[C@H]9OS(=O)(=O)O)[C@H]8OS(=O)(=O)O)[C@H]7OS(=O)(=O)O)[C@H]6OS(=O)(=O)O)[C@H]5OS(=O)(=O)O)CC[C@]4(C)[C@H]3CC[C@]12C. The Bertz CT molecular complexity index is 6650. The molecule has 5 heterocycles. The minimum Gasteiger partial charge on any atom is -0.346 e. The van der Waals surface area contributed by atoms with Crippen LogP contribution in [0.25, 0.3) is 0 Å².